The zero-order chi connectivity index (χ0) is 11.7. The second-order valence-corrected chi connectivity index (χ2v) is 5.41. The topological polar surface area (TPSA) is 54.0 Å². The van der Waals surface area contributed by atoms with Gasteiger partial charge in [0.25, 0.3) is 0 Å². The Kier molecular flexibility index (Phi) is 1.35. The summed E-state index contributed by atoms with van der Waals surface area (Å²) in [6.07, 6.45) is 9.22. The summed E-state index contributed by atoms with van der Waals surface area (Å²) in [7, 11) is 0. The zero-order valence-electron chi connectivity index (χ0n) is 9.64. The summed E-state index contributed by atoms with van der Waals surface area (Å²) in [5, 5.41) is 9.46. The second-order valence-electron chi connectivity index (χ2n) is 5.41. The zero-order valence-corrected chi connectivity index (χ0v) is 9.64. The number of rotatable bonds is 1. The van der Waals surface area contributed by atoms with Crippen LogP contribution >= 0.6 is 0 Å². The van der Waals surface area contributed by atoms with Crippen LogP contribution in [0.15, 0.2) is 18.6 Å². The van der Waals surface area contributed by atoms with Gasteiger partial charge >= 0.3 is 0 Å². The van der Waals surface area contributed by atoms with Gasteiger partial charge < -0.3 is 0 Å². The first-order valence-electron chi connectivity index (χ1n) is 5.92. The van der Waals surface area contributed by atoms with E-state index >= 15 is 0 Å². The maximum absolute atomic E-state index is 9.46. The largest absolute Gasteiger partial charge is 0.291 e. The lowest BCUT2D eigenvalue weighted by Crippen LogP contribution is -2.09. The quantitative estimate of drug-likeness (QED) is 0.744. The molecule has 2 aliphatic carbocycles. The van der Waals surface area contributed by atoms with Crippen LogP contribution in [0.5, 0.6) is 0 Å². The maximum atomic E-state index is 9.46. The van der Waals surface area contributed by atoms with Gasteiger partial charge in [0.15, 0.2) is 0 Å². The summed E-state index contributed by atoms with van der Waals surface area (Å²) in [6, 6.07) is 2.52. The smallest absolute Gasteiger partial charge is 0.233 e. The average Bonchev–Trinajstić information content (AvgIpc) is 3.19. The summed E-state index contributed by atoms with van der Waals surface area (Å²) in [5.41, 5.74) is 2.05. The molecule has 2 fully saturated rings. The number of aryl methyl sites for hydroxylation is 1. The van der Waals surface area contributed by atoms with E-state index in [9.17, 15) is 5.26 Å². The molecule has 1 atom stereocenters. The molecule has 2 aromatic heterocycles. The van der Waals surface area contributed by atoms with Gasteiger partial charge in [0.05, 0.1) is 17.2 Å². The summed E-state index contributed by atoms with van der Waals surface area (Å²) in [5.74, 6) is 0.713. The van der Waals surface area contributed by atoms with Gasteiger partial charge in [-0.3, -0.25) is 4.40 Å². The molecule has 2 aliphatic rings. The van der Waals surface area contributed by atoms with Crippen LogP contribution in [0.2, 0.25) is 0 Å². The van der Waals surface area contributed by atoms with E-state index in [0.29, 0.717) is 11.2 Å². The normalized spacial score (nSPS) is 28.2. The van der Waals surface area contributed by atoms with E-state index in [4.69, 9.17) is 0 Å². The molecular formula is C13H12N4. The Morgan fingerprint density at radius 2 is 2.24 bits per heavy atom. The van der Waals surface area contributed by atoms with E-state index in [2.05, 4.69) is 16.0 Å². The van der Waals surface area contributed by atoms with Crippen LogP contribution in [0.1, 0.15) is 30.5 Å². The van der Waals surface area contributed by atoms with Crippen LogP contribution < -0.4 is 0 Å². The maximum Gasteiger partial charge on any atom is 0.233 e. The lowest BCUT2D eigenvalue weighted by atomic mass is 9.97. The summed E-state index contributed by atoms with van der Waals surface area (Å²) in [6.45, 7) is 1.95. The minimum absolute atomic E-state index is 0.258. The van der Waals surface area contributed by atoms with Gasteiger partial charge in [-0.1, -0.05) is 0 Å². The molecule has 0 amide bonds. The number of hydrogen-bond acceptors (Lipinski definition) is 3. The standard InChI is InChI=1S/C13H12N4/c1-9-5-17-6-10(4-15-11(17)16-9)13(8-14)7-12(13)2-3-12/h4-6H,2-3,7H2,1H3. The van der Waals surface area contributed by atoms with E-state index in [1.54, 1.807) is 0 Å². The summed E-state index contributed by atoms with van der Waals surface area (Å²) >= 11 is 0. The fourth-order valence-corrected chi connectivity index (χ4v) is 3.07. The van der Waals surface area contributed by atoms with E-state index in [1.807, 2.05) is 29.9 Å². The van der Waals surface area contributed by atoms with Gasteiger partial charge in [0.2, 0.25) is 5.78 Å². The van der Waals surface area contributed by atoms with Gasteiger partial charge in [0.1, 0.15) is 0 Å². The molecule has 0 aromatic carbocycles. The van der Waals surface area contributed by atoms with Crippen molar-refractivity contribution in [2.24, 2.45) is 5.41 Å². The number of hydrogen-bond donors (Lipinski definition) is 0. The van der Waals surface area contributed by atoms with Crippen molar-refractivity contribution in [3.63, 3.8) is 0 Å². The number of aromatic nitrogens is 3. The van der Waals surface area contributed by atoms with Crippen molar-refractivity contribution in [2.45, 2.75) is 31.6 Å². The number of nitrogens with zero attached hydrogens (tertiary/aromatic N) is 4. The molecule has 0 saturated heterocycles. The van der Waals surface area contributed by atoms with E-state index < -0.39 is 0 Å². The van der Waals surface area contributed by atoms with E-state index in [-0.39, 0.29) is 5.41 Å². The molecule has 0 aliphatic heterocycles. The minimum Gasteiger partial charge on any atom is -0.291 e. The van der Waals surface area contributed by atoms with Crippen molar-refractivity contribution < 1.29 is 0 Å². The van der Waals surface area contributed by atoms with Crippen molar-refractivity contribution in [3.05, 3.63) is 29.8 Å². The first-order valence-corrected chi connectivity index (χ1v) is 5.92. The summed E-state index contributed by atoms with van der Waals surface area (Å²) in [4.78, 5) is 8.65. The molecule has 84 valence electrons. The van der Waals surface area contributed by atoms with Crippen LogP contribution in [0.4, 0.5) is 0 Å². The Labute approximate surface area is 98.9 Å². The number of imidazole rings is 1. The Morgan fingerprint density at radius 3 is 2.88 bits per heavy atom. The lowest BCUT2D eigenvalue weighted by molar-refractivity contribution is 0.728. The molecule has 0 radical (unpaired) electrons. The fourth-order valence-electron chi connectivity index (χ4n) is 3.07. The Bertz CT molecular complexity index is 674. The van der Waals surface area contributed by atoms with Crippen molar-refractivity contribution >= 4 is 5.78 Å². The molecule has 17 heavy (non-hydrogen) atoms. The number of fused-ring (bicyclic) bond motifs is 1. The van der Waals surface area contributed by atoms with Crippen molar-refractivity contribution in [1.29, 1.82) is 5.26 Å². The molecule has 1 unspecified atom stereocenters. The SMILES string of the molecule is Cc1cn2cc(C3(C#N)CC34CC4)cnc2n1. The fraction of sp³-hybridized carbons (Fsp3) is 0.462. The third-order valence-electron chi connectivity index (χ3n) is 4.35. The third-order valence-corrected chi connectivity index (χ3v) is 4.35. The highest BCUT2D eigenvalue weighted by molar-refractivity contribution is 5.49. The van der Waals surface area contributed by atoms with Crippen molar-refractivity contribution in [1.82, 2.24) is 14.4 Å². The lowest BCUT2D eigenvalue weighted by Gasteiger charge is -2.07. The van der Waals surface area contributed by atoms with Crippen molar-refractivity contribution in [2.75, 3.05) is 0 Å². The van der Waals surface area contributed by atoms with Crippen LogP contribution in [-0.2, 0) is 5.41 Å². The predicted octanol–water partition coefficient (Wildman–Crippen LogP) is 1.98. The van der Waals surface area contributed by atoms with Gasteiger partial charge in [-0.15, -0.1) is 0 Å². The first kappa shape index (κ1) is 9.17. The Morgan fingerprint density at radius 1 is 1.41 bits per heavy atom. The molecule has 4 nitrogen and oxygen atoms in total. The molecule has 2 aromatic rings. The summed E-state index contributed by atoms with van der Waals surface area (Å²) < 4.78 is 1.93. The highest BCUT2D eigenvalue weighted by Crippen LogP contribution is 2.78. The molecule has 1 spiro atoms. The monoisotopic (exact) mass is 224 g/mol. The molecule has 4 heteroatoms. The molecule has 0 N–H and O–H groups in total. The highest BCUT2D eigenvalue weighted by atomic mass is 15.1. The Balaban J connectivity index is 1.89. The molecule has 2 heterocycles. The average molecular weight is 224 g/mol. The molecule has 4 rings (SSSR count). The Hall–Kier alpha value is -1.89. The molecule has 0 bridgehead atoms. The first-order chi connectivity index (χ1) is 8.19. The van der Waals surface area contributed by atoms with Crippen LogP contribution in [0, 0.1) is 23.7 Å². The minimum atomic E-state index is -0.258. The van der Waals surface area contributed by atoms with E-state index in [1.165, 1.54) is 12.8 Å². The predicted molar refractivity (Wildman–Crippen MR) is 61.3 cm³/mol. The van der Waals surface area contributed by atoms with Crippen molar-refractivity contribution in [3.8, 4) is 6.07 Å². The van der Waals surface area contributed by atoms with Crippen LogP contribution in [0.3, 0.4) is 0 Å². The van der Waals surface area contributed by atoms with Crippen LogP contribution in [-0.4, -0.2) is 14.4 Å². The van der Waals surface area contributed by atoms with Gasteiger partial charge in [-0.2, -0.15) is 5.26 Å². The van der Waals surface area contributed by atoms with Crippen LogP contribution in [0.25, 0.3) is 5.78 Å². The van der Waals surface area contributed by atoms with Gasteiger partial charge in [-0.05, 0) is 31.6 Å². The second kappa shape index (κ2) is 2.51. The van der Waals surface area contributed by atoms with Gasteiger partial charge in [-0.25, -0.2) is 9.97 Å². The third kappa shape index (κ3) is 0.973. The van der Waals surface area contributed by atoms with Gasteiger partial charge in [0, 0.05) is 24.2 Å². The number of nitriles is 1. The molecular weight excluding hydrogens is 212 g/mol. The highest BCUT2D eigenvalue weighted by Gasteiger charge is 2.75. The van der Waals surface area contributed by atoms with E-state index in [0.717, 1.165) is 17.7 Å². The molecule has 2 saturated carbocycles.